The van der Waals surface area contributed by atoms with Crippen molar-refractivity contribution in [1.29, 1.82) is 0 Å². The highest BCUT2D eigenvalue weighted by Crippen LogP contribution is 2.24. The van der Waals surface area contributed by atoms with E-state index in [2.05, 4.69) is 6.92 Å². The number of aromatic nitrogens is 1. The molecule has 0 aliphatic rings. The lowest BCUT2D eigenvalue weighted by Gasteiger charge is -2.22. The van der Waals surface area contributed by atoms with Crippen LogP contribution in [0.3, 0.4) is 0 Å². The van der Waals surface area contributed by atoms with Gasteiger partial charge in [0.15, 0.2) is 0 Å². The molecule has 146 valence electrons. The van der Waals surface area contributed by atoms with Crippen LogP contribution in [-0.4, -0.2) is 29.3 Å². The number of unbranched alkanes of at least 4 members (excludes halogenated alkanes) is 1. The molecule has 1 aromatic heterocycles. The fourth-order valence-corrected chi connectivity index (χ4v) is 2.96. The first-order valence-electron chi connectivity index (χ1n) is 9.36. The second-order valence-electron chi connectivity index (χ2n) is 7.57. The molecule has 27 heavy (non-hydrogen) atoms. The Balaban J connectivity index is 2.56. The number of rotatable bonds is 6. The summed E-state index contributed by atoms with van der Waals surface area (Å²) in [6.07, 6.45) is 2.48. The van der Waals surface area contributed by atoms with E-state index in [0.717, 1.165) is 24.1 Å². The Morgan fingerprint density at radius 1 is 1.11 bits per heavy atom. The SMILES string of the molecule is CCCCc1c(C(=O)OC)cc(Cc2ccccc2)n1C(=O)OC(C)(C)C. The molecule has 0 N–H and O–H groups in total. The smallest absolute Gasteiger partial charge is 0.418 e. The van der Waals surface area contributed by atoms with Crippen LogP contribution in [-0.2, 0) is 22.3 Å². The number of hydrogen-bond donors (Lipinski definition) is 0. The number of hydrogen-bond acceptors (Lipinski definition) is 4. The van der Waals surface area contributed by atoms with Crippen molar-refractivity contribution in [3.8, 4) is 0 Å². The van der Waals surface area contributed by atoms with E-state index in [0.29, 0.717) is 24.1 Å². The Hall–Kier alpha value is -2.56. The summed E-state index contributed by atoms with van der Waals surface area (Å²) in [5.41, 5.74) is 2.24. The summed E-state index contributed by atoms with van der Waals surface area (Å²) in [4.78, 5) is 25.3. The van der Waals surface area contributed by atoms with E-state index in [1.165, 1.54) is 7.11 Å². The van der Waals surface area contributed by atoms with Crippen LogP contribution in [0.25, 0.3) is 0 Å². The lowest BCUT2D eigenvalue weighted by molar-refractivity contribution is 0.0528. The fourth-order valence-electron chi connectivity index (χ4n) is 2.96. The quantitative estimate of drug-likeness (QED) is 0.671. The highest BCUT2D eigenvalue weighted by molar-refractivity contribution is 5.93. The molecule has 0 saturated carbocycles. The van der Waals surface area contributed by atoms with Gasteiger partial charge in [0.25, 0.3) is 0 Å². The van der Waals surface area contributed by atoms with Crippen LogP contribution in [0.5, 0.6) is 0 Å². The largest absolute Gasteiger partial charge is 0.465 e. The van der Waals surface area contributed by atoms with Gasteiger partial charge in [-0.05, 0) is 45.2 Å². The van der Waals surface area contributed by atoms with Gasteiger partial charge in [-0.2, -0.15) is 0 Å². The van der Waals surface area contributed by atoms with Gasteiger partial charge in [-0.15, -0.1) is 0 Å². The Morgan fingerprint density at radius 3 is 2.33 bits per heavy atom. The van der Waals surface area contributed by atoms with Crippen molar-refractivity contribution in [2.75, 3.05) is 7.11 Å². The number of carbonyl (C=O) groups excluding carboxylic acids is 2. The van der Waals surface area contributed by atoms with E-state index in [1.807, 2.05) is 51.1 Å². The molecule has 5 heteroatoms. The van der Waals surface area contributed by atoms with E-state index >= 15 is 0 Å². The second kappa shape index (κ2) is 8.89. The number of ether oxygens (including phenoxy) is 2. The lowest BCUT2D eigenvalue weighted by atomic mass is 10.1. The lowest BCUT2D eigenvalue weighted by Crippen LogP contribution is -2.29. The minimum atomic E-state index is -0.626. The Morgan fingerprint density at radius 2 is 1.78 bits per heavy atom. The molecular weight excluding hydrogens is 342 g/mol. The molecule has 0 unspecified atom stereocenters. The predicted molar refractivity (Wildman–Crippen MR) is 105 cm³/mol. The molecule has 2 aromatic rings. The molecule has 0 aliphatic heterocycles. The van der Waals surface area contributed by atoms with E-state index in [9.17, 15) is 9.59 Å². The molecule has 1 aromatic carbocycles. The standard InChI is InChI=1S/C22H29NO4/c1-6-7-13-19-18(20(24)26-5)15-17(14-16-11-9-8-10-12-16)23(19)21(25)27-22(2,3)4/h8-12,15H,6-7,13-14H2,1-5H3. The molecule has 0 amide bonds. The third-order valence-electron chi connectivity index (χ3n) is 4.16. The average molecular weight is 371 g/mol. The van der Waals surface area contributed by atoms with Crippen LogP contribution in [0.1, 0.15) is 67.8 Å². The van der Waals surface area contributed by atoms with Gasteiger partial charge in [0, 0.05) is 17.8 Å². The second-order valence-corrected chi connectivity index (χ2v) is 7.57. The minimum Gasteiger partial charge on any atom is -0.465 e. The summed E-state index contributed by atoms with van der Waals surface area (Å²) >= 11 is 0. The van der Waals surface area contributed by atoms with Crippen molar-refractivity contribution in [1.82, 2.24) is 4.57 Å². The monoisotopic (exact) mass is 371 g/mol. The van der Waals surface area contributed by atoms with Crippen LogP contribution in [0.15, 0.2) is 36.4 Å². The number of nitrogens with zero attached hydrogens (tertiary/aromatic N) is 1. The third kappa shape index (κ3) is 5.46. The summed E-state index contributed by atoms with van der Waals surface area (Å²) < 4.78 is 12.1. The van der Waals surface area contributed by atoms with Crippen LogP contribution >= 0.6 is 0 Å². The Bertz CT molecular complexity index is 785. The maximum absolute atomic E-state index is 13.0. The highest BCUT2D eigenvalue weighted by Gasteiger charge is 2.27. The summed E-state index contributed by atoms with van der Waals surface area (Å²) in [7, 11) is 1.35. The van der Waals surface area contributed by atoms with Gasteiger partial charge in [-0.25, -0.2) is 9.59 Å². The first-order valence-corrected chi connectivity index (χ1v) is 9.36. The van der Waals surface area contributed by atoms with Gasteiger partial charge >= 0.3 is 12.1 Å². The highest BCUT2D eigenvalue weighted by atomic mass is 16.6. The van der Waals surface area contributed by atoms with Crippen molar-refractivity contribution in [2.24, 2.45) is 0 Å². The number of benzene rings is 1. The molecule has 0 aliphatic carbocycles. The van der Waals surface area contributed by atoms with Gasteiger partial charge < -0.3 is 9.47 Å². The number of carbonyl (C=O) groups is 2. The first kappa shape index (κ1) is 20.7. The number of methoxy groups -OCH3 is 1. The van der Waals surface area contributed by atoms with Crippen molar-refractivity contribution in [3.05, 3.63) is 58.9 Å². The summed E-state index contributed by atoms with van der Waals surface area (Å²) in [6.45, 7) is 7.57. The zero-order valence-electron chi connectivity index (χ0n) is 16.9. The maximum Gasteiger partial charge on any atom is 0.418 e. The topological polar surface area (TPSA) is 57.5 Å². The van der Waals surface area contributed by atoms with Crippen molar-refractivity contribution < 1.29 is 19.1 Å². The van der Waals surface area contributed by atoms with Crippen molar-refractivity contribution >= 4 is 12.1 Å². The van der Waals surface area contributed by atoms with Crippen LogP contribution in [0.4, 0.5) is 4.79 Å². The molecule has 0 atom stereocenters. The molecule has 0 spiro atoms. The first-order chi connectivity index (χ1) is 12.8. The molecule has 0 bridgehead atoms. The maximum atomic E-state index is 13.0. The molecule has 0 radical (unpaired) electrons. The zero-order chi connectivity index (χ0) is 20.0. The normalized spacial score (nSPS) is 11.3. The zero-order valence-corrected chi connectivity index (χ0v) is 16.9. The molecule has 0 fully saturated rings. The van der Waals surface area contributed by atoms with Crippen molar-refractivity contribution in [2.45, 2.75) is 59.0 Å². The van der Waals surface area contributed by atoms with E-state index in [4.69, 9.17) is 9.47 Å². The summed E-state index contributed by atoms with van der Waals surface area (Å²) in [5, 5.41) is 0. The van der Waals surface area contributed by atoms with Gasteiger partial charge in [-0.1, -0.05) is 43.7 Å². The predicted octanol–water partition coefficient (Wildman–Crippen LogP) is 4.99. The molecular formula is C22H29NO4. The number of esters is 1. The van der Waals surface area contributed by atoms with E-state index < -0.39 is 17.7 Å². The van der Waals surface area contributed by atoms with E-state index in [-0.39, 0.29) is 0 Å². The van der Waals surface area contributed by atoms with Gasteiger partial charge in [0.1, 0.15) is 5.60 Å². The molecule has 5 nitrogen and oxygen atoms in total. The Kier molecular flexibility index (Phi) is 6.83. The van der Waals surface area contributed by atoms with Crippen LogP contribution in [0, 0.1) is 0 Å². The van der Waals surface area contributed by atoms with Crippen LogP contribution < -0.4 is 0 Å². The van der Waals surface area contributed by atoms with Gasteiger partial charge in [-0.3, -0.25) is 4.57 Å². The molecule has 1 heterocycles. The van der Waals surface area contributed by atoms with Gasteiger partial charge in [0.2, 0.25) is 0 Å². The average Bonchev–Trinajstić information content (AvgIpc) is 2.96. The van der Waals surface area contributed by atoms with Gasteiger partial charge in [0.05, 0.1) is 12.7 Å². The fraction of sp³-hybridized carbons (Fsp3) is 0.455. The Labute approximate surface area is 161 Å². The van der Waals surface area contributed by atoms with E-state index in [1.54, 1.807) is 10.6 Å². The minimum absolute atomic E-state index is 0.433. The van der Waals surface area contributed by atoms with Crippen LogP contribution in [0.2, 0.25) is 0 Å². The summed E-state index contributed by atoms with van der Waals surface area (Å²) in [5.74, 6) is -0.433. The molecule has 2 rings (SSSR count). The van der Waals surface area contributed by atoms with Crippen molar-refractivity contribution in [3.63, 3.8) is 0 Å². The third-order valence-corrected chi connectivity index (χ3v) is 4.16. The summed E-state index contributed by atoms with van der Waals surface area (Å²) in [6, 6.07) is 11.6. The molecule has 0 saturated heterocycles.